The molecule has 81 heavy (non-hydrogen) atoms. The van der Waals surface area contributed by atoms with Crippen molar-refractivity contribution in [2.24, 2.45) is 0 Å². The van der Waals surface area contributed by atoms with Crippen LogP contribution in [0, 0.1) is 0 Å². The largest absolute Gasteiger partial charge is 0.462 e. The van der Waals surface area contributed by atoms with Gasteiger partial charge in [0.05, 0.1) is 0 Å². The second-order valence-electron chi connectivity index (χ2n) is 24.5. The summed E-state index contributed by atoms with van der Waals surface area (Å²) >= 11 is 0. The SMILES string of the molecule is CC/C=C\C/C=C\C/C=C\C/C=C\CCCCCCCCC(=O)OC(COC(=O)CCCCCCCCCCCCCCCCC)COC(=O)CCCCCCCCCCCCCCCCCCCCCCCCCCCCCCC. The Bertz CT molecular complexity index is 1400. The van der Waals surface area contributed by atoms with E-state index in [1.807, 2.05) is 0 Å². The molecule has 0 saturated carbocycles. The Kier molecular flexibility index (Phi) is 67.6. The number of carbonyl (C=O) groups excluding carboxylic acids is 3. The summed E-state index contributed by atoms with van der Waals surface area (Å²) < 4.78 is 17.0. The highest BCUT2D eigenvalue weighted by atomic mass is 16.6. The molecule has 0 aromatic carbocycles. The van der Waals surface area contributed by atoms with Crippen LogP contribution in [0.1, 0.15) is 393 Å². The summed E-state index contributed by atoms with van der Waals surface area (Å²) in [5, 5.41) is 0. The maximum atomic E-state index is 12.9. The summed E-state index contributed by atoms with van der Waals surface area (Å²) in [6, 6.07) is 0. The molecule has 0 aliphatic carbocycles. The Morgan fingerprint density at radius 1 is 0.259 bits per heavy atom. The Morgan fingerprint density at radius 2 is 0.481 bits per heavy atom. The molecule has 0 spiro atoms. The lowest BCUT2D eigenvalue weighted by molar-refractivity contribution is -0.167. The van der Waals surface area contributed by atoms with Crippen molar-refractivity contribution in [2.45, 2.75) is 399 Å². The van der Waals surface area contributed by atoms with Gasteiger partial charge in [0, 0.05) is 19.3 Å². The lowest BCUT2D eigenvalue weighted by Crippen LogP contribution is -2.30. The molecule has 0 fully saturated rings. The van der Waals surface area contributed by atoms with Crippen LogP contribution in [0.3, 0.4) is 0 Å². The first kappa shape index (κ1) is 78.4. The standard InChI is InChI=1S/C75H138O6/c1-4-7-10-13-16-19-22-25-28-30-32-33-34-35-36-37-38-39-40-41-43-44-47-50-53-56-59-62-65-68-74(77)80-71-72(70-79-73(76)67-64-61-58-55-52-49-46-27-24-21-18-15-12-9-6-3)81-75(78)69-66-63-60-57-54-51-48-45-42-31-29-26-23-20-17-14-11-8-5-2/h8,11,17,20,26,29,42,45,72H,4-7,9-10,12-16,18-19,21-25,27-28,30-41,43-44,46-71H2,1-3H3/b11-8-,20-17-,29-26-,45-42-. The molecule has 6 nitrogen and oxygen atoms in total. The van der Waals surface area contributed by atoms with E-state index in [4.69, 9.17) is 14.2 Å². The lowest BCUT2D eigenvalue weighted by Gasteiger charge is -2.18. The Morgan fingerprint density at radius 3 is 0.753 bits per heavy atom. The molecule has 474 valence electrons. The van der Waals surface area contributed by atoms with Gasteiger partial charge >= 0.3 is 17.9 Å². The molecule has 0 aliphatic rings. The molecule has 0 heterocycles. The van der Waals surface area contributed by atoms with Crippen LogP contribution in [-0.4, -0.2) is 37.2 Å². The fourth-order valence-electron chi connectivity index (χ4n) is 11.0. The smallest absolute Gasteiger partial charge is 0.306 e. The third-order valence-electron chi connectivity index (χ3n) is 16.3. The van der Waals surface area contributed by atoms with Gasteiger partial charge in [0.2, 0.25) is 0 Å². The van der Waals surface area contributed by atoms with E-state index in [0.29, 0.717) is 19.3 Å². The average Bonchev–Trinajstić information content (AvgIpc) is 3.47. The van der Waals surface area contributed by atoms with Gasteiger partial charge in [0.1, 0.15) is 13.2 Å². The van der Waals surface area contributed by atoms with Gasteiger partial charge < -0.3 is 14.2 Å². The minimum absolute atomic E-state index is 0.0738. The van der Waals surface area contributed by atoms with Crippen molar-refractivity contribution in [2.75, 3.05) is 13.2 Å². The molecule has 6 heteroatoms. The lowest BCUT2D eigenvalue weighted by atomic mass is 10.0. The van der Waals surface area contributed by atoms with Gasteiger partial charge in [-0.15, -0.1) is 0 Å². The normalized spacial score (nSPS) is 12.3. The molecule has 0 rings (SSSR count). The van der Waals surface area contributed by atoms with E-state index in [1.165, 1.54) is 257 Å². The molecule has 0 amide bonds. The average molecular weight is 1140 g/mol. The van der Waals surface area contributed by atoms with Crippen molar-refractivity contribution >= 4 is 17.9 Å². The zero-order valence-corrected chi connectivity index (χ0v) is 54.6. The van der Waals surface area contributed by atoms with Gasteiger partial charge in [-0.3, -0.25) is 14.4 Å². The van der Waals surface area contributed by atoms with Crippen molar-refractivity contribution in [3.63, 3.8) is 0 Å². The predicted octanol–water partition coefficient (Wildman–Crippen LogP) is 24.9. The van der Waals surface area contributed by atoms with Gasteiger partial charge in [-0.1, -0.05) is 365 Å². The summed E-state index contributed by atoms with van der Waals surface area (Å²) in [7, 11) is 0. The maximum Gasteiger partial charge on any atom is 0.306 e. The molecule has 0 bridgehead atoms. The summed E-state index contributed by atoms with van der Waals surface area (Å²) in [5.41, 5.74) is 0. The summed E-state index contributed by atoms with van der Waals surface area (Å²) in [6.45, 7) is 6.59. The van der Waals surface area contributed by atoms with Crippen LogP contribution in [-0.2, 0) is 28.6 Å². The molecule has 1 unspecified atom stereocenters. The van der Waals surface area contributed by atoms with Crippen molar-refractivity contribution in [3.8, 4) is 0 Å². The summed E-state index contributed by atoms with van der Waals surface area (Å²) in [6.07, 6.45) is 88.7. The van der Waals surface area contributed by atoms with E-state index < -0.39 is 6.10 Å². The van der Waals surface area contributed by atoms with Gasteiger partial charge in [-0.2, -0.15) is 0 Å². The Labute approximate surface area is 505 Å². The van der Waals surface area contributed by atoms with E-state index in [9.17, 15) is 14.4 Å². The van der Waals surface area contributed by atoms with Crippen LogP contribution < -0.4 is 0 Å². The number of unbranched alkanes of at least 4 members (excludes halogenated alkanes) is 48. The van der Waals surface area contributed by atoms with Crippen LogP contribution in [0.5, 0.6) is 0 Å². The fraction of sp³-hybridized carbons (Fsp3) is 0.853. The third-order valence-corrected chi connectivity index (χ3v) is 16.3. The minimum Gasteiger partial charge on any atom is -0.462 e. The maximum absolute atomic E-state index is 12.9. The third kappa shape index (κ3) is 68.0. The molecule has 0 radical (unpaired) electrons. The quantitative estimate of drug-likeness (QED) is 0.0261. The summed E-state index contributed by atoms with van der Waals surface area (Å²) in [5.74, 6) is -0.859. The number of allylic oxidation sites excluding steroid dienone is 8. The van der Waals surface area contributed by atoms with Crippen molar-refractivity contribution in [3.05, 3.63) is 48.6 Å². The molecule has 1 atom stereocenters. The first-order valence-corrected chi connectivity index (χ1v) is 36.1. The molecule has 0 aliphatic heterocycles. The van der Waals surface area contributed by atoms with Gasteiger partial charge in [-0.25, -0.2) is 0 Å². The van der Waals surface area contributed by atoms with Crippen molar-refractivity contribution in [1.82, 2.24) is 0 Å². The zero-order chi connectivity index (χ0) is 58.5. The first-order valence-electron chi connectivity index (χ1n) is 36.1. The van der Waals surface area contributed by atoms with Crippen molar-refractivity contribution < 1.29 is 28.6 Å². The molecular weight excluding hydrogens is 997 g/mol. The number of esters is 3. The van der Waals surface area contributed by atoms with E-state index in [0.717, 1.165) is 96.3 Å². The number of carbonyl (C=O) groups is 3. The second kappa shape index (κ2) is 69.9. The second-order valence-corrected chi connectivity index (χ2v) is 24.5. The predicted molar refractivity (Wildman–Crippen MR) is 353 cm³/mol. The highest BCUT2D eigenvalue weighted by molar-refractivity contribution is 5.71. The summed E-state index contributed by atoms with van der Waals surface area (Å²) in [4.78, 5) is 38.4. The Hall–Kier alpha value is -2.63. The fourth-order valence-corrected chi connectivity index (χ4v) is 11.0. The molecule has 0 aromatic heterocycles. The van der Waals surface area contributed by atoms with E-state index >= 15 is 0 Å². The zero-order valence-electron chi connectivity index (χ0n) is 54.6. The van der Waals surface area contributed by atoms with Crippen LogP contribution in [0.4, 0.5) is 0 Å². The topological polar surface area (TPSA) is 78.9 Å². The van der Waals surface area contributed by atoms with Crippen LogP contribution >= 0.6 is 0 Å². The van der Waals surface area contributed by atoms with Crippen LogP contribution in [0.25, 0.3) is 0 Å². The highest BCUT2D eigenvalue weighted by Gasteiger charge is 2.19. The number of hydrogen-bond acceptors (Lipinski definition) is 6. The van der Waals surface area contributed by atoms with E-state index in [1.54, 1.807) is 0 Å². The van der Waals surface area contributed by atoms with E-state index in [-0.39, 0.29) is 31.1 Å². The monoisotopic (exact) mass is 1140 g/mol. The Balaban J connectivity index is 4.22. The van der Waals surface area contributed by atoms with Crippen LogP contribution in [0.2, 0.25) is 0 Å². The van der Waals surface area contributed by atoms with Gasteiger partial charge in [-0.05, 0) is 57.8 Å². The first-order chi connectivity index (χ1) is 40.0. The number of ether oxygens (including phenoxy) is 3. The van der Waals surface area contributed by atoms with E-state index in [2.05, 4.69) is 69.4 Å². The van der Waals surface area contributed by atoms with Gasteiger partial charge in [0.25, 0.3) is 0 Å². The van der Waals surface area contributed by atoms with Crippen molar-refractivity contribution in [1.29, 1.82) is 0 Å². The molecular formula is C75H138O6. The van der Waals surface area contributed by atoms with Crippen LogP contribution in [0.15, 0.2) is 48.6 Å². The number of rotatable bonds is 67. The molecule has 0 saturated heterocycles. The molecule has 0 N–H and O–H groups in total. The minimum atomic E-state index is -0.779. The highest BCUT2D eigenvalue weighted by Crippen LogP contribution is 2.19. The number of hydrogen-bond donors (Lipinski definition) is 0. The van der Waals surface area contributed by atoms with Gasteiger partial charge in [0.15, 0.2) is 6.10 Å². The molecule has 0 aromatic rings.